The highest BCUT2D eigenvalue weighted by Gasteiger charge is 2.24. The Labute approximate surface area is 183 Å². The molecule has 1 heterocycles. The number of sulfonamides is 1. The summed E-state index contributed by atoms with van der Waals surface area (Å²) in [6, 6.07) is 16.8. The van der Waals surface area contributed by atoms with Crippen LogP contribution in [0.5, 0.6) is 5.75 Å². The molecule has 0 saturated carbocycles. The monoisotopic (exact) mass is 438 g/mol. The van der Waals surface area contributed by atoms with Gasteiger partial charge in [-0.2, -0.15) is 0 Å². The zero-order valence-corrected chi connectivity index (χ0v) is 19.1. The summed E-state index contributed by atoms with van der Waals surface area (Å²) in [5.74, 6) is -0.215. The number of aromatic nitrogens is 1. The lowest BCUT2D eigenvalue weighted by molar-refractivity contribution is 0.0981. The minimum Gasteiger partial charge on any atom is -0.497 e. The van der Waals surface area contributed by atoms with Gasteiger partial charge in [-0.05, 0) is 43.3 Å². The van der Waals surface area contributed by atoms with Crippen molar-refractivity contribution in [3.8, 4) is 17.0 Å². The largest absolute Gasteiger partial charge is 0.497 e. The average Bonchev–Trinajstić information content (AvgIpc) is 2.73. The van der Waals surface area contributed by atoms with Crippen molar-refractivity contribution < 1.29 is 17.9 Å². The number of ether oxygens (including phenoxy) is 1. The lowest BCUT2D eigenvalue weighted by Crippen LogP contribution is -2.31. The van der Waals surface area contributed by atoms with E-state index in [9.17, 15) is 13.2 Å². The highest BCUT2D eigenvalue weighted by Crippen LogP contribution is 2.28. The van der Waals surface area contributed by atoms with Crippen LogP contribution in [0.3, 0.4) is 0 Å². The third kappa shape index (κ3) is 5.11. The maximum Gasteiger partial charge on any atom is 0.267 e. The Morgan fingerprint density at radius 1 is 0.935 bits per heavy atom. The molecule has 162 valence electrons. The maximum atomic E-state index is 13.0. The van der Waals surface area contributed by atoms with Crippen LogP contribution in [0.15, 0.2) is 65.6 Å². The van der Waals surface area contributed by atoms with Gasteiger partial charge in [0, 0.05) is 16.7 Å². The van der Waals surface area contributed by atoms with Gasteiger partial charge in [0.25, 0.3) is 15.9 Å². The van der Waals surface area contributed by atoms with Crippen LogP contribution >= 0.6 is 0 Å². The third-order valence-corrected chi connectivity index (χ3v) is 6.18. The van der Waals surface area contributed by atoms with Crippen LogP contribution in [0.4, 0.5) is 0 Å². The van der Waals surface area contributed by atoms with Crippen molar-refractivity contribution in [2.75, 3.05) is 7.11 Å². The normalized spacial score (nSPS) is 11.8. The average molecular weight is 439 g/mol. The van der Waals surface area contributed by atoms with Crippen LogP contribution in [0, 0.1) is 6.92 Å². The number of rotatable bonds is 5. The minimum absolute atomic E-state index is 0.0298. The van der Waals surface area contributed by atoms with Crippen molar-refractivity contribution in [2.45, 2.75) is 38.0 Å². The van der Waals surface area contributed by atoms with Gasteiger partial charge in [0.1, 0.15) is 5.75 Å². The molecule has 0 aliphatic heterocycles. The molecule has 0 aliphatic rings. The summed E-state index contributed by atoms with van der Waals surface area (Å²) in [7, 11) is -2.57. The number of carbonyl (C=O) groups is 1. The lowest BCUT2D eigenvalue weighted by Gasteiger charge is -2.20. The summed E-state index contributed by atoms with van der Waals surface area (Å²) in [4.78, 5) is 17.7. The van der Waals surface area contributed by atoms with Crippen molar-refractivity contribution in [3.63, 3.8) is 0 Å². The quantitative estimate of drug-likeness (QED) is 0.635. The van der Waals surface area contributed by atoms with E-state index in [-0.39, 0.29) is 15.9 Å². The Hall–Kier alpha value is -3.19. The van der Waals surface area contributed by atoms with E-state index in [1.165, 1.54) is 31.4 Å². The molecule has 3 rings (SSSR count). The number of pyridine rings is 1. The van der Waals surface area contributed by atoms with Gasteiger partial charge >= 0.3 is 0 Å². The zero-order chi connectivity index (χ0) is 22.8. The SMILES string of the molecule is COc1ccc(S(=O)(=O)NC(=O)c2ccc(C(C)(C)C)nc2-c2ccc(C)cc2)cc1. The number of nitrogens with zero attached hydrogens (tertiary/aromatic N) is 1. The highest BCUT2D eigenvalue weighted by atomic mass is 32.2. The van der Waals surface area contributed by atoms with Crippen LogP contribution in [0.2, 0.25) is 0 Å². The molecule has 31 heavy (non-hydrogen) atoms. The van der Waals surface area contributed by atoms with Crippen LogP contribution < -0.4 is 9.46 Å². The van der Waals surface area contributed by atoms with Crippen LogP contribution in [-0.4, -0.2) is 26.4 Å². The predicted octanol–water partition coefficient (Wildman–Crippen LogP) is 4.48. The molecule has 0 spiro atoms. The summed E-state index contributed by atoms with van der Waals surface area (Å²) in [6.45, 7) is 8.06. The Bertz CT molecular complexity index is 1190. The zero-order valence-electron chi connectivity index (χ0n) is 18.3. The smallest absolute Gasteiger partial charge is 0.267 e. The Kier molecular flexibility index (Phi) is 6.18. The summed E-state index contributed by atoms with van der Waals surface area (Å²) < 4.78 is 32.7. The Balaban J connectivity index is 2.02. The van der Waals surface area contributed by atoms with Gasteiger partial charge in [-0.25, -0.2) is 13.1 Å². The Morgan fingerprint density at radius 3 is 2.10 bits per heavy atom. The second-order valence-corrected chi connectivity index (χ2v) is 10.0. The van der Waals surface area contributed by atoms with E-state index in [4.69, 9.17) is 9.72 Å². The number of carbonyl (C=O) groups excluding carboxylic acids is 1. The number of hydrogen-bond donors (Lipinski definition) is 1. The maximum absolute atomic E-state index is 13.0. The Morgan fingerprint density at radius 2 is 1.55 bits per heavy atom. The molecule has 3 aromatic rings. The molecular formula is C24H26N2O4S. The minimum atomic E-state index is -4.06. The lowest BCUT2D eigenvalue weighted by atomic mass is 9.90. The molecule has 0 bridgehead atoms. The number of methoxy groups -OCH3 is 1. The second-order valence-electron chi connectivity index (χ2n) is 8.32. The highest BCUT2D eigenvalue weighted by molar-refractivity contribution is 7.90. The number of amides is 1. The summed E-state index contributed by atoms with van der Waals surface area (Å²) >= 11 is 0. The van der Waals surface area contributed by atoms with Gasteiger partial charge in [0.2, 0.25) is 0 Å². The van der Waals surface area contributed by atoms with Crippen molar-refractivity contribution in [1.82, 2.24) is 9.71 Å². The molecule has 6 nitrogen and oxygen atoms in total. The fraction of sp³-hybridized carbons (Fsp3) is 0.250. The fourth-order valence-electron chi connectivity index (χ4n) is 2.98. The van der Waals surface area contributed by atoms with Crippen LogP contribution in [0.1, 0.15) is 42.4 Å². The van der Waals surface area contributed by atoms with E-state index in [2.05, 4.69) is 4.72 Å². The van der Waals surface area contributed by atoms with Gasteiger partial charge in [0.15, 0.2) is 0 Å². The first-order valence-corrected chi connectivity index (χ1v) is 11.3. The van der Waals surface area contributed by atoms with Crippen molar-refractivity contribution in [3.05, 3.63) is 77.5 Å². The molecule has 2 aromatic carbocycles. The van der Waals surface area contributed by atoms with Gasteiger partial charge in [-0.1, -0.05) is 50.6 Å². The summed E-state index contributed by atoms with van der Waals surface area (Å²) in [6.07, 6.45) is 0. The van der Waals surface area contributed by atoms with Crippen LogP contribution in [0.25, 0.3) is 11.3 Å². The van der Waals surface area contributed by atoms with Gasteiger partial charge in [-0.3, -0.25) is 9.78 Å². The van der Waals surface area contributed by atoms with E-state index in [0.29, 0.717) is 11.4 Å². The molecule has 1 N–H and O–H groups in total. The number of aryl methyl sites for hydroxylation is 1. The van der Waals surface area contributed by atoms with E-state index in [0.717, 1.165) is 16.8 Å². The van der Waals surface area contributed by atoms with Crippen molar-refractivity contribution in [2.24, 2.45) is 0 Å². The van der Waals surface area contributed by atoms with Gasteiger partial charge in [-0.15, -0.1) is 0 Å². The summed E-state index contributed by atoms with van der Waals surface area (Å²) in [5.41, 5.74) is 3.01. The third-order valence-electron chi connectivity index (χ3n) is 4.83. The molecule has 0 aliphatic carbocycles. The second kappa shape index (κ2) is 8.51. The standard InChI is InChI=1S/C24H26N2O4S/c1-16-6-8-17(9-7-16)22-20(14-15-21(25-22)24(2,3)4)23(27)26-31(28,29)19-12-10-18(30-5)11-13-19/h6-15H,1-5H3,(H,26,27). The van der Waals surface area contributed by atoms with E-state index in [1.54, 1.807) is 12.1 Å². The summed E-state index contributed by atoms with van der Waals surface area (Å²) in [5, 5.41) is 0. The van der Waals surface area contributed by atoms with Gasteiger partial charge < -0.3 is 4.74 Å². The molecular weight excluding hydrogens is 412 g/mol. The first-order chi connectivity index (χ1) is 14.5. The predicted molar refractivity (Wildman–Crippen MR) is 121 cm³/mol. The first kappa shape index (κ1) is 22.5. The van der Waals surface area contributed by atoms with E-state index < -0.39 is 15.9 Å². The molecule has 0 unspecified atom stereocenters. The molecule has 0 radical (unpaired) electrons. The van der Waals surface area contributed by atoms with Crippen molar-refractivity contribution in [1.29, 1.82) is 0 Å². The molecule has 0 saturated heterocycles. The first-order valence-electron chi connectivity index (χ1n) is 9.81. The molecule has 0 fully saturated rings. The topological polar surface area (TPSA) is 85.4 Å². The molecule has 7 heteroatoms. The van der Waals surface area contributed by atoms with E-state index in [1.807, 2.05) is 52.0 Å². The molecule has 1 amide bonds. The number of benzene rings is 2. The molecule has 0 atom stereocenters. The van der Waals surface area contributed by atoms with Crippen molar-refractivity contribution >= 4 is 15.9 Å². The van der Waals surface area contributed by atoms with E-state index >= 15 is 0 Å². The van der Waals surface area contributed by atoms with Crippen LogP contribution in [-0.2, 0) is 15.4 Å². The number of nitrogens with one attached hydrogen (secondary N) is 1. The fourth-order valence-corrected chi connectivity index (χ4v) is 3.95. The number of hydrogen-bond acceptors (Lipinski definition) is 5. The van der Waals surface area contributed by atoms with Gasteiger partial charge in [0.05, 0.1) is 23.3 Å². The molecule has 1 aromatic heterocycles.